The summed E-state index contributed by atoms with van der Waals surface area (Å²) in [6.45, 7) is 0.157. The molecule has 0 aliphatic rings. The average Bonchev–Trinajstić information content (AvgIpc) is 2.54. The van der Waals surface area contributed by atoms with Crippen molar-refractivity contribution in [3.63, 3.8) is 0 Å². The monoisotopic (exact) mass is 304 g/mol. The number of hydrogen-bond donors (Lipinski definition) is 1. The fourth-order valence-electron chi connectivity index (χ4n) is 1.95. The van der Waals surface area contributed by atoms with Crippen LogP contribution in [0.15, 0.2) is 42.5 Å². The normalized spacial score (nSPS) is 10.3. The van der Waals surface area contributed by atoms with Gasteiger partial charge in [0.2, 0.25) is 0 Å². The van der Waals surface area contributed by atoms with Crippen molar-refractivity contribution in [3.05, 3.63) is 65.0 Å². The van der Waals surface area contributed by atoms with Crippen LogP contribution in [0, 0.1) is 5.82 Å². The Morgan fingerprint density at radius 2 is 1.91 bits per heavy atom. The standard InChI is InChI=1S/C17H17FO4/c1-21-17(20)13-4-5-14(16(18)10-13)11-22-15-6-2-12(3-7-15)8-9-19/h2-7,10,19H,8-9,11H2,1H3. The first-order chi connectivity index (χ1) is 10.6. The molecule has 116 valence electrons. The van der Waals surface area contributed by atoms with E-state index in [4.69, 9.17) is 9.84 Å². The Bertz CT molecular complexity index is 638. The maximum atomic E-state index is 13.9. The second-order valence-electron chi connectivity index (χ2n) is 4.70. The zero-order valence-electron chi connectivity index (χ0n) is 12.2. The van der Waals surface area contributed by atoms with Crippen LogP contribution in [0.2, 0.25) is 0 Å². The van der Waals surface area contributed by atoms with Crippen molar-refractivity contribution < 1.29 is 23.8 Å². The fourth-order valence-corrected chi connectivity index (χ4v) is 1.95. The van der Waals surface area contributed by atoms with Gasteiger partial charge >= 0.3 is 5.97 Å². The molecule has 0 unspecified atom stereocenters. The topological polar surface area (TPSA) is 55.8 Å². The summed E-state index contributed by atoms with van der Waals surface area (Å²) >= 11 is 0. The van der Waals surface area contributed by atoms with E-state index in [1.54, 1.807) is 12.1 Å². The molecule has 0 aliphatic heterocycles. The summed E-state index contributed by atoms with van der Waals surface area (Å²) in [6.07, 6.45) is 0.587. The quantitative estimate of drug-likeness (QED) is 0.834. The Morgan fingerprint density at radius 1 is 1.18 bits per heavy atom. The van der Waals surface area contributed by atoms with Crippen LogP contribution in [0.1, 0.15) is 21.5 Å². The van der Waals surface area contributed by atoms with Crippen LogP contribution in [0.4, 0.5) is 4.39 Å². The van der Waals surface area contributed by atoms with Crippen molar-refractivity contribution in [2.24, 2.45) is 0 Å². The van der Waals surface area contributed by atoms with Gasteiger partial charge in [0.1, 0.15) is 18.2 Å². The highest BCUT2D eigenvalue weighted by Gasteiger charge is 2.10. The van der Waals surface area contributed by atoms with Crippen molar-refractivity contribution >= 4 is 5.97 Å². The summed E-state index contributed by atoms with van der Waals surface area (Å²) in [4.78, 5) is 11.3. The highest BCUT2D eigenvalue weighted by molar-refractivity contribution is 5.89. The molecular formula is C17H17FO4. The van der Waals surface area contributed by atoms with Crippen LogP contribution < -0.4 is 4.74 Å². The van der Waals surface area contributed by atoms with Gasteiger partial charge in [-0.15, -0.1) is 0 Å². The van der Waals surface area contributed by atoms with Gasteiger partial charge < -0.3 is 14.6 Å². The van der Waals surface area contributed by atoms with Crippen molar-refractivity contribution in [1.82, 2.24) is 0 Å². The van der Waals surface area contributed by atoms with E-state index in [0.29, 0.717) is 17.7 Å². The summed E-state index contributed by atoms with van der Waals surface area (Å²) in [6, 6.07) is 11.4. The third-order valence-electron chi connectivity index (χ3n) is 3.19. The number of aliphatic hydroxyl groups is 1. The number of rotatable bonds is 6. The Labute approximate surface area is 128 Å². The molecular weight excluding hydrogens is 287 g/mol. The highest BCUT2D eigenvalue weighted by atomic mass is 19.1. The minimum atomic E-state index is -0.578. The summed E-state index contributed by atoms with van der Waals surface area (Å²) in [5.41, 5.74) is 1.52. The second kappa shape index (κ2) is 7.56. The minimum Gasteiger partial charge on any atom is -0.489 e. The molecule has 0 aliphatic carbocycles. The molecule has 2 rings (SSSR count). The van der Waals surface area contributed by atoms with Crippen molar-refractivity contribution in [2.45, 2.75) is 13.0 Å². The van der Waals surface area contributed by atoms with E-state index < -0.39 is 11.8 Å². The van der Waals surface area contributed by atoms with Gasteiger partial charge in [-0.25, -0.2) is 9.18 Å². The lowest BCUT2D eigenvalue weighted by molar-refractivity contribution is 0.0600. The lowest BCUT2D eigenvalue weighted by Gasteiger charge is -2.09. The van der Waals surface area contributed by atoms with Crippen LogP contribution in [0.25, 0.3) is 0 Å². The molecule has 0 atom stereocenters. The Balaban J connectivity index is 2.00. The van der Waals surface area contributed by atoms with Gasteiger partial charge in [-0.2, -0.15) is 0 Å². The molecule has 0 bridgehead atoms. The predicted octanol–water partition coefficient (Wildman–Crippen LogP) is 2.73. The van der Waals surface area contributed by atoms with E-state index in [1.807, 2.05) is 12.1 Å². The molecule has 0 radical (unpaired) electrons. The Hall–Kier alpha value is -2.40. The summed E-state index contributed by atoms with van der Waals surface area (Å²) in [7, 11) is 1.25. The molecule has 0 spiro atoms. The van der Waals surface area contributed by atoms with Crippen molar-refractivity contribution in [3.8, 4) is 5.75 Å². The number of methoxy groups -OCH3 is 1. The second-order valence-corrected chi connectivity index (χ2v) is 4.70. The molecule has 5 heteroatoms. The van der Waals surface area contributed by atoms with Crippen LogP contribution in [-0.4, -0.2) is 24.8 Å². The van der Waals surface area contributed by atoms with E-state index in [9.17, 15) is 9.18 Å². The fraction of sp³-hybridized carbons (Fsp3) is 0.235. The first-order valence-corrected chi connectivity index (χ1v) is 6.83. The van der Waals surface area contributed by atoms with E-state index in [0.717, 1.165) is 11.6 Å². The number of hydrogen-bond acceptors (Lipinski definition) is 4. The van der Waals surface area contributed by atoms with Gasteiger partial charge in [0.25, 0.3) is 0 Å². The maximum Gasteiger partial charge on any atom is 0.337 e. The van der Waals surface area contributed by atoms with E-state index in [1.165, 1.54) is 19.2 Å². The molecule has 22 heavy (non-hydrogen) atoms. The number of benzene rings is 2. The van der Waals surface area contributed by atoms with Gasteiger partial charge in [0.15, 0.2) is 0 Å². The SMILES string of the molecule is COC(=O)c1ccc(COc2ccc(CCO)cc2)c(F)c1. The zero-order valence-corrected chi connectivity index (χ0v) is 12.2. The molecule has 4 nitrogen and oxygen atoms in total. The van der Waals surface area contributed by atoms with E-state index in [2.05, 4.69) is 4.74 Å². The number of carbonyl (C=O) groups is 1. The molecule has 0 saturated carbocycles. The lowest BCUT2D eigenvalue weighted by Crippen LogP contribution is -2.04. The molecule has 0 fully saturated rings. The average molecular weight is 304 g/mol. The molecule has 0 amide bonds. The zero-order chi connectivity index (χ0) is 15.9. The minimum absolute atomic E-state index is 0.0621. The molecule has 2 aromatic rings. The van der Waals surface area contributed by atoms with Crippen LogP contribution in [0.3, 0.4) is 0 Å². The lowest BCUT2D eigenvalue weighted by atomic mass is 10.1. The Morgan fingerprint density at radius 3 is 2.50 bits per heavy atom. The summed E-state index contributed by atoms with van der Waals surface area (Å²) in [5.74, 6) is -0.483. The smallest absolute Gasteiger partial charge is 0.337 e. The van der Waals surface area contributed by atoms with Gasteiger partial charge in [-0.3, -0.25) is 0 Å². The van der Waals surface area contributed by atoms with Gasteiger partial charge in [-0.1, -0.05) is 18.2 Å². The first kappa shape index (κ1) is 16.0. The molecule has 0 saturated heterocycles. The molecule has 1 N–H and O–H groups in total. The third kappa shape index (κ3) is 4.05. The van der Waals surface area contributed by atoms with Gasteiger partial charge in [0.05, 0.1) is 12.7 Å². The summed E-state index contributed by atoms with van der Waals surface area (Å²) in [5, 5.41) is 8.85. The van der Waals surface area contributed by atoms with Crippen LogP contribution >= 0.6 is 0 Å². The summed E-state index contributed by atoms with van der Waals surface area (Å²) < 4.78 is 23.9. The molecule has 2 aromatic carbocycles. The number of ether oxygens (including phenoxy) is 2. The van der Waals surface area contributed by atoms with E-state index in [-0.39, 0.29) is 18.8 Å². The van der Waals surface area contributed by atoms with Crippen LogP contribution in [0.5, 0.6) is 5.75 Å². The number of aliphatic hydroxyl groups excluding tert-OH is 1. The van der Waals surface area contributed by atoms with Gasteiger partial charge in [0, 0.05) is 12.2 Å². The Kier molecular flexibility index (Phi) is 5.49. The number of carbonyl (C=O) groups excluding carboxylic acids is 1. The molecule has 0 heterocycles. The first-order valence-electron chi connectivity index (χ1n) is 6.83. The molecule has 0 aromatic heterocycles. The van der Waals surface area contributed by atoms with Gasteiger partial charge in [-0.05, 0) is 36.2 Å². The number of halogens is 1. The van der Waals surface area contributed by atoms with E-state index >= 15 is 0 Å². The third-order valence-corrected chi connectivity index (χ3v) is 3.19. The highest BCUT2D eigenvalue weighted by Crippen LogP contribution is 2.17. The predicted molar refractivity (Wildman–Crippen MR) is 79.3 cm³/mol. The van der Waals surface area contributed by atoms with Crippen molar-refractivity contribution in [2.75, 3.05) is 13.7 Å². The van der Waals surface area contributed by atoms with Crippen molar-refractivity contribution in [1.29, 1.82) is 0 Å². The number of esters is 1. The maximum absolute atomic E-state index is 13.9. The largest absolute Gasteiger partial charge is 0.489 e. The van der Waals surface area contributed by atoms with Crippen LogP contribution in [-0.2, 0) is 17.8 Å².